The van der Waals surface area contributed by atoms with Gasteiger partial charge in [0.1, 0.15) is 5.82 Å². The second-order valence-corrected chi connectivity index (χ2v) is 6.18. The Balaban J connectivity index is 1.76. The number of aryl methyl sites for hydroxylation is 2. The standard InChI is InChI=1S/C16H18FN3S/c1-10-4-5-13(8-14(10)17)11(2)18-9-15-12(3)19-16-20(15)6-7-21-16/h4-8,11,18H,9H2,1-3H3. The van der Waals surface area contributed by atoms with Gasteiger partial charge in [0.05, 0.1) is 11.4 Å². The van der Waals surface area contributed by atoms with E-state index in [1.807, 2.05) is 37.6 Å². The Morgan fingerprint density at radius 1 is 1.38 bits per heavy atom. The van der Waals surface area contributed by atoms with E-state index in [0.29, 0.717) is 12.1 Å². The minimum absolute atomic E-state index is 0.0867. The number of nitrogens with one attached hydrogen (secondary N) is 1. The summed E-state index contributed by atoms with van der Waals surface area (Å²) in [4.78, 5) is 5.54. The van der Waals surface area contributed by atoms with E-state index < -0.39 is 0 Å². The average molecular weight is 303 g/mol. The molecule has 1 atom stereocenters. The smallest absolute Gasteiger partial charge is 0.194 e. The van der Waals surface area contributed by atoms with Crippen LogP contribution in [0.5, 0.6) is 0 Å². The second-order valence-electron chi connectivity index (χ2n) is 5.31. The van der Waals surface area contributed by atoms with Crippen molar-refractivity contribution in [2.24, 2.45) is 0 Å². The quantitative estimate of drug-likeness (QED) is 0.789. The van der Waals surface area contributed by atoms with Gasteiger partial charge >= 0.3 is 0 Å². The summed E-state index contributed by atoms with van der Waals surface area (Å²) in [5.74, 6) is -0.151. The van der Waals surface area contributed by atoms with Crippen molar-refractivity contribution in [2.75, 3.05) is 0 Å². The number of fused-ring (bicyclic) bond motifs is 1. The zero-order valence-electron chi connectivity index (χ0n) is 12.4. The lowest BCUT2D eigenvalue weighted by Gasteiger charge is -2.15. The molecule has 0 aliphatic carbocycles. The third kappa shape index (κ3) is 2.71. The van der Waals surface area contributed by atoms with Crippen molar-refractivity contribution in [3.8, 4) is 0 Å². The van der Waals surface area contributed by atoms with Gasteiger partial charge in [-0.3, -0.25) is 4.40 Å². The van der Waals surface area contributed by atoms with E-state index >= 15 is 0 Å². The molecule has 2 aromatic heterocycles. The van der Waals surface area contributed by atoms with Crippen molar-refractivity contribution in [1.29, 1.82) is 0 Å². The minimum atomic E-state index is -0.151. The SMILES string of the molecule is Cc1ccc(C(C)NCc2c(C)nc3sccn23)cc1F. The highest BCUT2D eigenvalue weighted by atomic mass is 32.1. The summed E-state index contributed by atoms with van der Waals surface area (Å²) in [6, 6.07) is 5.49. The number of thiazole rings is 1. The molecular weight excluding hydrogens is 285 g/mol. The Hall–Kier alpha value is -1.72. The van der Waals surface area contributed by atoms with Crippen molar-refractivity contribution < 1.29 is 4.39 Å². The van der Waals surface area contributed by atoms with Gasteiger partial charge in [-0.15, -0.1) is 11.3 Å². The van der Waals surface area contributed by atoms with E-state index in [-0.39, 0.29) is 11.9 Å². The van der Waals surface area contributed by atoms with Gasteiger partial charge in [-0.05, 0) is 38.0 Å². The summed E-state index contributed by atoms with van der Waals surface area (Å²) < 4.78 is 15.7. The van der Waals surface area contributed by atoms with E-state index in [2.05, 4.69) is 14.7 Å². The molecule has 3 rings (SSSR count). The van der Waals surface area contributed by atoms with Gasteiger partial charge in [0.25, 0.3) is 0 Å². The molecule has 0 saturated carbocycles. The number of benzene rings is 1. The van der Waals surface area contributed by atoms with Crippen LogP contribution in [-0.4, -0.2) is 9.38 Å². The van der Waals surface area contributed by atoms with Crippen LogP contribution in [0, 0.1) is 19.7 Å². The Bertz CT molecular complexity index is 775. The van der Waals surface area contributed by atoms with E-state index in [0.717, 1.165) is 21.9 Å². The molecule has 1 unspecified atom stereocenters. The first-order valence-corrected chi connectivity index (χ1v) is 7.84. The van der Waals surface area contributed by atoms with Crippen molar-refractivity contribution in [3.63, 3.8) is 0 Å². The highest BCUT2D eigenvalue weighted by Crippen LogP contribution is 2.19. The van der Waals surface area contributed by atoms with Gasteiger partial charge in [0.15, 0.2) is 4.96 Å². The molecule has 0 spiro atoms. The van der Waals surface area contributed by atoms with Crippen molar-refractivity contribution in [1.82, 2.24) is 14.7 Å². The predicted molar refractivity (Wildman–Crippen MR) is 84.2 cm³/mol. The largest absolute Gasteiger partial charge is 0.305 e. The maximum absolute atomic E-state index is 13.6. The zero-order chi connectivity index (χ0) is 15.0. The molecule has 0 fully saturated rings. The molecule has 21 heavy (non-hydrogen) atoms. The summed E-state index contributed by atoms with van der Waals surface area (Å²) in [5, 5.41) is 5.48. The summed E-state index contributed by atoms with van der Waals surface area (Å²) in [6.07, 6.45) is 2.03. The first kappa shape index (κ1) is 14.2. The normalized spacial score (nSPS) is 13.0. The molecule has 110 valence electrons. The number of nitrogens with zero attached hydrogens (tertiary/aromatic N) is 2. The van der Waals surface area contributed by atoms with Gasteiger partial charge in [-0.1, -0.05) is 12.1 Å². The van der Waals surface area contributed by atoms with Crippen LogP contribution in [-0.2, 0) is 6.54 Å². The molecule has 0 bridgehead atoms. The molecular formula is C16H18FN3S. The van der Waals surface area contributed by atoms with Gasteiger partial charge in [0.2, 0.25) is 0 Å². The number of hydrogen-bond acceptors (Lipinski definition) is 3. The summed E-state index contributed by atoms with van der Waals surface area (Å²) in [5.41, 5.74) is 3.83. The molecule has 1 N–H and O–H groups in total. The second kappa shape index (κ2) is 5.58. The Labute approximate surface area is 127 Å². The monoisotopic (exact) mass is 303 g/mol. The highest BCUT2D eigenvalue weighted by Gasteiger charge is 2.12. The topological polar surface area (TPSA) is 29.3 Å². The molecule has 3 nitrogen and oxygen atoms in total. The van der Waals surface area contributed by atoms with E-state index in [9.17, 15) is 4.39 Å². The van der Waals surface area contributed by atoms with E-state index in [1.165, 1.54) is 0 Å². The predicted octanol–water partition coefficient (Wildman–Crippen LogP) is 4.00. The van der Waals surface area contributed by atoms with Crippen LogP contribution in [0.25, 0.3) is 4.96 Å². The van der Waals surface area contributed by atoms with Crippen molar-refractivity contribution >= 4 is 16.3 Å². The van der Waals surface area contributed by atoms with E-state index in [4.69, 9.17) is 0 Å². The third-order valence-electron chi connectivity index (χ3n) is 3.83. The Morgan fingerprint density at radius 2 is 2.19 bits per heavy atom. The fraction of sp³-hybridized carbons (Fsp3) is 0.312. The first-order chi connectivity index (χ1) is 10.1. The van der Waals surface area contributed by atoms with Gasteiger partial charge < -0.3 is 5.32 Å². The van der Waals surface area contributed by atoms with Gasteiger partial charge in [0, 0.05) is 24.2 Å². The maximum Gasteiger partial charge on any atom is 0.194 e. The maximum atomic E-state index is 13.6. The number of aromatic nitrogens is 2. The number of rotatable bonds is 4. The van der Waals surface area contributed by atoms with Crippen molar-refractivity contribution in [2.45, 2.75) is 33.4 Å². The Morgan fingerprint density at radius 3 is 2.95 bits per heavy atom. The molecule has 0 amide bonds. The first-order valence-electron chi connectivity index (χ1n) is 6.96. The summed E-state index contributed by atoms with van der Waals surface area (Å²) >= 11 is 1.63. The lowest BCUT2D eigenvalue weighted by Crippen LogP contribution is -2.19. The third-order valence-corrected chi connectivity index (χ3v) is 4.59. The molecule has 3 aromatic rings. The van der Waals surface area contributed by atoms with E-state index in [1.54, 1.807) is 24.3 Å². The molecule has 5 heteroatoms. The van der Waals surface area contributed by atoms with Crippen LogP contribution in [0.3, 0.4) is 0 Å². The number of halogens is 1. The minimum Gasteiger partial charge on any atom is -0.305 e. The lowest BCUT2D eigenvalue weighted by molar-refractivity contribution is 0.555. The molecule has 0 saturated heterocycles. The fourth-order valence-electron chi connectivity index (χ4n) is 2.40. The molecule has 2 heterocycles. The van der Waals surface area contributed by atoms with Crippen LogP contribution in [0.1, 0.15) is 35.5 Å². The van der Waals surface area contributed by atoms with Crippen LogP contribution in [0.15, 0.2) is 29.8 Å². The Kier molecular flexibility index (Phi) is 3.78. The highest BCUT2D eigenvalue weighted by molar-refractivity contribution is 7.15. The van der Waals surface area contributed by atoms with Crippen LogP contribution < -0.4 is 5.32 Å². The van der Waals surface area contributed by atoms with Gasteiger partial charge in [-0.25, -0.2) is 9.37 Å². The molecule has 0 aliphatic heterocycles. The van der Waals surface area contributed by atoms with Crippen LogP contribution in [0.2, 0.25) is 0 Å². The molecule has 1 aromatic carbocycles. The van der Waals surface area contributed by atoms with Gasteiger partial charge in [-0.2, -0.15) is 0 Å². The molecule has 0 radical (unpaired) electrons. The van der Waals surface area contributed by atoms with Crippen molar-refractivity contribution in [3.05, 3.63) is 58.1 Å². The van der Waals surface area contributed by atoms with Crippen LogP contribution >= 0.6 is 11.3 Å². The zero-order valence-corrected chi connectivity index (χ0v) is 13.2. The number of imidazole rings is 1. The molecule has 0 aliphatic rings. The lowest BCUT2D eigenvalue weighted by atomic mass is 10.1. The summed E-state index contributed by atoms with van der Waals surface area (Å²) in [7, 11) is 0. The average Bonchev–Trinajstić information content (AvgIpc) is 3.00. The van der Waals surface area contributed by atoms with Crippen LogP contribution in [0.4, 0.5) is 4.39 Å². The fourth-order valence-corrected chi connectivity index (χ4v) is 3.18. The number of hydrogen-bond donors (Lipinski definition) is 1. The summed E-state index contributed by atoms with van der Waals surface area (Å²) in [6.45, 7) is 6.55.